The fourth-order valence-electron chi connectivity index (χ4n) is 4.53. The van der Waals surface area contributed by atoms with Crippen LogP contribution in [0.5, 0.6) is 5.75 Å². The molecule has 0 saturated heterocycles. The highest BCUT2D eigenvalue weighted by Crippen LogP contribution is 2.36. The van der Waals surface area contributed by atoms with E-state index in [1.165, 1.54) is 11.3 Å². The number of nitrogens with zero attached hydrogens (tertiary/aromatic N) is 5. The summed E-state index contributed by atoms with van der Waals surface area (Å²) in [5, 5.41) is 16.2. The Labute approximate surface area is 232 Å². The molecule has 0 atom stereocenters. The van der Waals surface area contributed by atoms with Gasteiger partial charge in [-0.2, -0.15) is 9.61 Å². The van der Waals surface area contributed by atoms with Crippen molar-refractivity contribution < 1.29 is 9.15 Å². The van der Waals surface area contributed by atoms with Crippen molar-refractivity contribution in [2.45, 2.75) is 6.42 Å². The van der Waals surface area contributed by atoms with E-state index >= 15 is 0 Å². The van der Waals surface area contributed by atoms with E-state index in [0.29, 0.717) is 17.2 Å². The Kier molecular flexibility index (Phi) is 5.83. The van der Waals surface area contributed by atoms with Crippen molar-refractivity contribution >= 4 is 38.8 Å². The molecule has 0 unspecified atom stereocenters. The van der Waals surface area contributed by atoms with E-state index in [2.05, 4.69) is 16.3 Å². The Hall–Kier alpha value is -4.53. The Morgan fingerprint density at radius 2 is 1.69 bits per heavy atom. The molecule has 0 aliphatic rings. The number of furan rings is 1. The van der Waals surface area contributed by atoms with Gasteiger partial charge >= 0.3 is 0 Å². The average Bonchev–Trinajstić information content (AvgIpc) is 3.71. The van der Waals surface area contributed by atoms with Crippen molar-refractivity contribution in [3.05, 3.63) is 107 Å². The van der Waals surface area contributed by atoms with E-state index in [1.54, 1.807) is 7.11 Å². The molecule has 7 aromatic rings. The third-order valence-corrected chi connectivity index (χ3v) is 7.69. The Morgan fingerprint density at radius 1 is 0.897 bits per heavy atom. The number of para-hydroxylation sites is 1. The zero-order chi connectivity index (χ0) is 26.3. The molecule has 7 rings (SSSR count). The van der Waals surface area contributed by atoms with Gasteiger partial charge in [-0.3, -0.25) is 0 Å². The van der Waals surface area contributed by atoms with Gasteiger partial charge in [-0.15, -0.1) is 10.2 Å². The lowest BCUT2D eigenvalue weighted by molar-refractivity contribution is 0.414. The number of hydrogen-bond donors (Lipinski definition) is 0. The fraction of sp³-hybridized carbons (Fsp3) is 0.0667. The molecular weight excluding hydrogens is 530 g/mol. The number of halogens is 1. The monoisotopic (exact) mass is 549 g/mol. The third-order valence-electron chi connectivity index (χ3n) is 6.51. The van der Waals surface area contributed by atoms with Crippen molar-refractivity contribution in [1.82, 2.24) is 24.8 Å². The molecule has 0 saturated carbocycles. The number of ether oxygens (including phenoxy) is 1. The molecule has 0 amide bonds. The lowest BCUT2D eigenvalue weighted by atomic mass is 10.1. The Balaban J connectivity index is 1.28. The SMILES string of the molecule is COc1ccc(Cc2nnc3sc(-c4cc(-c5ccc(-c6ccc(Cl)cc6)o5)nc5ccccc45)nn23)cc1. The van der Waals surface area contributed by atoms with Gasteiger partial charge in [0, 0.05) is 28.0 Å². The molecule has 0 aliphatic carbocycles. The minimum Gasteiger partial charge on any atom is -0.497 e. The summed E-state index contributed by atoms with van der Waals surface area (Å²) in [7, 11) is 1.66. The summed E-state index contributed by atoms with van der Waals surface area (Å²) in [6.45, 7) is 0. The van der Waals surface area contributed by atoms with Gasteiger partial charge < -0.3 is 9.15 Å². The second-order valence-electron chi connectivity index (χ2n) is 8.99. The standard InChI is InChI=1S/C30H20ClN5O2S/c1-37-21-12-6-18(7-13-21)16-28-33-34-30-36(28)35-29(39-30)23-17-25(32-24-5-3-2-4-22(23)24)27-15-14-26(38-27)19-8-10-20(31)11-9-19/h2-15,17H,16H2,1H3. The normalized spacial score (nSPS) is 11.4. The Bertz CT molecular complexity index is 1940. The number of benzene rings is 3. The minimum absolute atomic E-state index is 0.608. The first-order chi connectivity index (χ1) is 19.1. The predicted molar refractivity (Wildman–Crippen MR) is 153 cm³/mol. The quantitative estimate of drug-likeness (QED) is 0.213. The zero-order valence-electron chi connectivity index (χ0n) is 20.7. The van der Waals surface area contributed by atoms with Crippen LogP contribution in [-0.2, 0) is 6.42 Å². The first kappa shape index (κ1) is 23.6. The van der Waals surface area contributed by atoms with Crippen LogP contribution in [-0.4, -0.2) is 31.9 Å². The largest absolute Gasteiger partial charge is 0.497 e. The summed E-state index contributed by atoms with van der Waals surface area (Å²) in [6.07, 6.45) is 0.608. The van der Waals surface area contributed by atoms with Crippen molar-refractivity contribution in [1.29, 1.82) is 0 Å². The first-order valence-corrected chi connectivity index (χ1v) is 13.4. The molecule has 0 N–H and O–H groups in total. The van der Waals surface area contributed by atoms with Gasteiger partial charge in [0.2, 0.25) is 4.96 Å². The average molecular weight is 550 g/mol. The minimum atomic E-state index is 0.608. The number of rotatable bonds is 6. The van der Waals surface area contributed by atoms with E-state index < -0.39 is 0 Å². The maximum Gasteiger partial charge on any atom is 0.234 e. The zero-order valence-corrected chi connectivity index (χ0v) is 22.3. The van der Waals surface area contributed by atoms with Gasteiger partial charge in [0.05, 0.1) is 12.6 Å². The van der Waals surface area contributed by atoms with E-state index in [1.807, 2.05) is 89.4 Å². The maximum atomic E-state index is 6.22. The van der Waals surface area contributed by atoms with Crippen LogP contribution in [0.15, 0.2) is 95.4 Å². The second-order valence-corrected chi connectivity index (χ2v) is 10.4. The van der Waals surface area contributed by atoms with Gasteiger partial charge in [0.1, 0.15) is 22.2 Å². The van der Waals surface area contributed by atoms with Crippen molar-refractivity contribution in [3.8, 4) is 39.1 Å². The number of hydrogen-bond acceptors (Lipinski definition) is 7. The van der Waals surface area contributed by atoms with E-state index in [4.69, 9.17) is 30.8 Å². The molecule has 9 heteroatoms. The van der Waals surface area contributed by atoms with Crippen molar-refractivity contribution in [3.63, 3.8) is 0 Å². The van der Waals surface area contributed by atoms with E-state index in [0.717, 1.165) is 60.6 Å². The summed E-state index contributed by atoms with van der Waals surface area (Å²) in [5.41, 5.74) is 4.61. The molecule has 0 fully saturated rings. The van der Waals surface area contributed by atoms with Gasteiger partial charge in [-0.1, -0.05) is 53.3 Å². The van der Waals surface area contributed by atoms with Crippen molar-refractivity contribution in [2.24, 2.45) is 0 Å². The smallest absolute Gasteiger partial charge is 0.234 e. The van der Waals surface area contributed by atoms with Crippen LogP contribution in [0.1, 0.15) is 11.4 Å². The molecule has 4 aromatic heterocycles. The second kappa shape index (κ2) is 9.65. The summed E-state index contributed by atoms with van der Waals surface area (Å²) in [6, 6.07) is 29.5. The molecule has 0 radical (unpaired) electrons. The molecule has 0 aliphatic heterocycles. The molecule has 0 spiro atoms. The van der Waals surface area contributed by atoms with Gasteiger partial charge in [-0.25, -0.2) is 4.98 Å². The molecule has 190 valence electrons. The molecule has 7 nitrogen and oxygen atoms in total. The summed E-state index contributed by atoms with van der Waals surface area (Å²) >= 11 is 7.55. The molecule has 39 heavy (non-hydrogen) atoms. The highest BCUT2D eigenvalue weighted by Gasteiger charge is 2.18. The fourth-order valence-corrected chi connectivity index (χ4v) is 5.54. The number of pyridine rings is 1. The van der Waals surface area contributed by atoms with Gasteiger partial charge in [0.25, 0.3) is 0 Å². The topological polar surface area (TPSA) is 78.3 Å². The molecule has 0 bridgehead atoms. The lowest BCUT2D eigenvalue weighted by Crippen LogP contribution is -1.98. The highest BCUT2D eigenvalue weighted by atomic mass is 35.5. The molecule has 3 aromatic carbocycles. The molecular formula is C30H20ClN5O2S. The number of aromatic nitrogens is 5. The van der Waals surface area contributed by atoms with E-state index in [-0.39, 0.29) is 0 Å². The van der Waals surface area contributed by atoms with Crippen molar-refractivity contribution in [2.75, 3.05) is 7.11 Å². The van der Waals surface area contributed by atoms with Crippen LogP contribution in [0, 0.1) is 0 Å². The van der Waals surface area contributed by atoms with Gasteiger partial charge in [-0.05, 0) is 66.2 Å². The van der Waals surface area contributed by atoms with Crippen LogP contribution in [0.25, 0.3) is 49.2 Å². The van der Waals surface area contributed by atoms with E-state index in [9.17, 15) is 0 Å². The van der Waals surface area contributed by atoms with Crippen LogP contribution in [0.3, 0.4) is 0 Å². The van der Waals surface area contributed by atoms with Crippen LogP contribution < -0.4 is 4.74 Å². The number of fused-ring (bicyclic) bond motifs is 2. The van der Waals surface area contributed by atoms with Crippen LogP contribution in [0.2, 0.25) is 5.02 Å². The first-order valence-electron chi connectivity index (χ1n) is 12.2. The summed E-state index contributed by atoms with van der Waals surface area (Å²) in [5.74, 6) is 3.02. The van der Waals surface area contributed by atoms with Crippen LogP contribution >= 0.6 is 22.9 Å². The highest BCUT2D eigenvalue weighted by molar-refractivity contribution is 7.19. The molecule has 4 heterocycles. The van der Waals surface area contributed by atoms with Crippen LogP contribution in [0.4, 0.5) is 0 Å². The Morgan fingerprint density at radius 3 is 2.51 bits per heavy atom. The summed E-state index contributed by atoms with van der Waals surface area (Å²) < 4.78 is 13.3. The lowest BCUT2D eigenvalue weighted by Gasteiger charge is -2.06. The maximum absolute atomic E-state index is 6.22. The number of methoxy groups -OCH3 is 1. The summed E-state index contributed by atoms with van der Waals surface area (Å²) in [4.78, 5) is 5.63. The third kappa shape index (κ3) is 4.43. The van der Waals surface area contributed by atoms with Gasteiger partial charge in [0.15, 0.2) is 11.6 Å². The predicted octanol–water partition coefficient (Wildman–Crippen LogP) is 7.58.